The third-order valence-corrected chi connectivity index (χ3v) is 3.33. The number of benzene rings is 1. The van der Waals surface area contributed by atoms with Gasteiger partial charge in [-0.05, 0) is 26.3 Å². The summed E-state index contributed by atoms with van der Waals surface area (Å²) in [5, 5.41) is 0. The lowest BCUT2D eigenvalue weighted by molar-refractivity contribution is -0.149. The van der Waals surface area contributed by atoms with Gasteiger partial charge in [0.05, 0.1) is 6.61 Å². The van der Waals surface area contributed by atoms with Gasteiger partial charge in [0.2, 0.25) is 0 Å². The first-order valence-electron chi connectivity index (χ1n) is 6.04. The first kappa shape index (κ1) is 14.6. The van der Waals surface area contributed by atoms with E-state index in [-0.39, 0.29) is 0 Å². The highest BCUT2D eigenvalue weighted by Crippen LogP contribution is 2.33. The van der Waals surface area contributed by atoms with Gasteiger partial charge in [-0.1, -0.05) is 29.8 Å². The highest BCUT2D eigenvalue weighted by Gasteiger charge is 2.39. The molecule has 3 atom stereocenters. The van der Waals surface area contributed by atoms with Gasteiger partial charge in [0.1, 0.15) is 12.2 Å². The van der Waals surface area contributed by atoms with Crippen molar-refractivity contribution in [2.45, 2.75) is 38.8 Å². The Morgan fingerprint density at radius 3 is 2.53 bits per heavy atom. The molecule has 106 valence electrons. The van der Waals surface area contributed by atoms with E-state index in [0.717, 1.165) is 11.1 Å². The predicted octanol–water partition coefficient (Wildman–Crippen LogP) is 2.34. The Hall–Kier alpha value is -0.790. The molecule has 1 aliphatic heterocycles. The molecule has 1 N–H and O–H groups in total. The maximum Gasteiger partial charge on any atom is 0.302 e. The van der Waals surface area contributed by atoms with E-state index in [2.05, 4.69) is 0 Å². The minimum atomic E-state index is -2.36. The first-order chi connectivity index (χ1) is 8.87. The zero-order valence-electron chi connectivity index (χ0n) is 11.2. The first-order valence-corrected chi connectivity index (χ1v) is 7.07. The maximum atomic E-state index is 11.0. The van der Waals surface area contributed by atoms with Gasteiger partial charge in [-0.2, -0.15) is 4.21 Å². The highest BCUT2D eigenvalue weighted by molar-refractivity contribution is 7.74. The molecule has 1 fully saturated rings. The number of ether oxygens (including phenoxy) is 2. The van der Waals surface area contributed by atoms with Gasteiger partial charge in [-0.3, -0.25) is 8.74 Å². The van der Waals surface area contributed by atoms with E-state index >= 15 is 0 Å². The summed E-state index contributed by atoms with van der Waals surface area (Å²) in [6, 6.07) is 7.57. The van der Waals surface area contributed by atoms with Crippen molar-refractivity contribution in [3.8, 4) is 0 Å². The quantitative estimate of drug-likeness (QED) is 0.861. The molecule has 6 heteroatoms. The SMILES string of the molecule is Cc1ccc(C(OS(=O)O)C2COC(C)(C)O2)cc1. The fourth-order valence-electron chi connectivity index (χ4n) is 2.04. The van der Waals surface area contributed by atoms with E-state index in [4.69, 9.17) is 18.2 Å². The second-order valence-electron chi connectivity index (χ2n) is 5.01. The Bertz CT molecular complexity index is 457. The molecule has 0 aliphatic carbocycles. The second-order valence-corrected chi connectivity index (χ2v) is 5.64. The smallest absolute Gasteiger partial charge is 0.302 e. The van der Waals surface area contributed by atoms with Gasteiger partial charge in [0.15, 0.2) is 5.79 Å². The van der Waals surface area contributed by atoms with E-state index in [0.29, 0.717) is 6.61 Å². The van der Waals surface area contributed by atoms with Gasteiger partial charge in [-0.15, -0.1) is 0 Å². The molecular weight excluding hydrogens is 268 g/mol. The molecular formula is C13H18O5S. The summed E-state index contributed by atoms with van der Waals surface area (Å²) in [7, 11) is 0. The third-order valence-electron chi connectivity index (χ3n) is 2.96. The number of hydrogen-bond donors (Lipinski definition) is 1. The van der Waals surface area contributed by atoms with Gasteiger partial charge in [0.25, 0.3) is 0 Å². The molecule has 0 radical (unpaired) electrons. The van der Waals surface area contributed by atoms with Crippen LogP contribution in [-0.4, -0.2) is 27.3 Å². The molecule has 0 aromatic heterocycles. The van der Waals surface area contributed by atoms with Crippen LogP contribution in [0.3, 0.4) is 0 Å². The summed E-state index contributed by atoms with van der Waals surface area (Å²) < 4.78 is 36.2. The van der Waals surface area contributed by atoms with Crippen LogP contribution in [0.2, 0.25) is 0 Å². The molecule has 1 aliphatic rings. The zero-order valence-corrected chi connectivity index (χ0v) is 12.0. The van der Waals surface area contributed by atoms with Crippen molar-refractivity contribution >= 4 is 11.4 Å². The minimum Gasteiger partial charge on any atom is -0.348 e. The van der Waals surface area contributed by atoms with E-state index < -0.39 is 29.4 Å². The van der Waals surface area contributed by atoms with E-state index in [1.807, 2.05) is 31.2 Å². The topological polar surface area (TPSA) is 65.0 Å². The van der Waals surface area contributed by atoms with Gasteiger partial charge in [-0.25, -0.2) is 0 Å². The van der Waals surface area contributed by atoms with Crippen LogP contribution in [-0.2, 0) is 25.0 Å². The van der Waals surface area contributed by atoms with Gasteiger partial charge in [0, 0.05) is 0 Å². The summed E-state index contributed by atoms with van der Waals surface area (Å²) in [6.07, 6.45) is -1.04. The van der Waals surface area contributed by atoms with Crippen molar-refractivity contribution in [3.05, 3.63) is 35.4 Å². The largest absolute Gasteiger partial charge is 0.348 e. The average Bonchev–Trinajstić information content (AvgIpc) is 2.67. The Labute approximate surface area is 115 Å². The molecule has 0 spiro atoms. The molecule has 0 amide bonds. The fourth-order valence-corrected chi connectivity index (χ4v) is 2.45. The molecule has 1 heterocycles. The van der Waals surface area contributed by atoms with Crippen LogP contribution in [0, 0.1) is 6.92 Å². The summed E-state index contributed by atoms with van der Waals surface area (Å²) in [5.74, 6) is -0.700. The average molecular weight is 286 g/mol. The lowest BCUT2D eigenvalue weighted by Gasteiger charge is -2.23. The Balaban J connectivity index is 2.21. The van der Waals surface area contributed by atoms with Crippen molar-refractivity contribution in [1.82, 2.24) is 0 Å². The molecule has 0 saturated carbocycles. The number of aryl methyl sites for hydroxylation is 1. The molecule has 5 nitrogen and oxygen atoms in total. The van der Waals surface area contributed by atoms with Crippen molar-refractivity contribution in [1.29, 1.82) is 0 Å². The van der Waals surface area contributed by atoms with Gasteiger partial charge >= 0.3 is 11.4 Å². The summed E-state index contributed by atoms with van der Waals surface area (Å²) >= 11 is -2.36. The zero-order chi connectivity index (χ0) is 14.0. The molecule has 1 saturated heterocycles. The lowest BCUT2D eigenvalue weighted by atomic mass is 10.0. The van der Waals surface area contributed by atoms with Crippen LogP contribution in [0.25, 0.3) is 0 Å². The van der Waals surface area contributed by atoms with E-state index in [9.17, 15) is 4.21 Å². The predicted molar refractivity (Wildman–Crippen MR) is 70.7 cm³/mol. The van der Waals surface area contributed by atoms with Crippen molar-refractivity contribution in [2.24, 2.45) is 0 Å². The number of rotatable bonds is 4. The Morgan fingerprint density at radius 1 is 1.42 bits per heavy atom. The fraction of sp³-hybridized carbons (Fsp3) is 0.538. The minimum absolute atomic E-state index is 0.322. The van der Waals surface area contributed by atoms with Crippen LogP contribution in [0.15, 0.2) is 24.3 Å². The lowest BCUT2D eigenvalue weighted by Crippen LogP contribution is -2.27. The van der Waals surface area contributed by atoms with Crippen LogP contribution in [0.1, 0.15) is 31.1 Å². The highest BCUT2D eigenvalue weighted by atomic mass is 32.2. The molecule has 19 heavy (non-hydrogen) atoms. The molecule has 2 rings (SSSR count). The summed E-state index contributed by atoms with van der Waals surface area (Å²) in [4.78, 5) is 0. The van der Waals surface area contributed by atoms with Crippen LogP contribution >= 0.6 is 0 Å². The molecule has 1 aromatic carbocycles. The van der Waals surface area contributed by atoms with Crippen LogP contribution < -0.4 is 0 Å². The Morgan fingerprint density at radius 2 is 2.05 bits per heavy atom. The Kier molecular flexibility index (Phi) is 4.37. The van der Waals surface area contributed by atoms with E-state index in [1.165, 1.54) is 0 Å². The summed E-state index contributed by atoms with van der Waals surface area (Å²) in [5.41, 5.74) is 1.90. The summed E-state index contributed by atoms with van der Waals surface area (Å²) in [6.45, 7) is 5.90. The molecule has 0 bridgehead atoms. The normalized spacial score (nSPS) is 25.2. The van der Waals surface area contributed by atoms with Crippen molar-refractivity contribution in [3.63, 3.8) is 0 Å². The number of hydrogen-bond acceptors (Lipinski definition) is 4. The van der Waals surface area contributed by atoms with E-state index in [1.54, 1.807) is 13.8 Å². The standard InChI is InChI=1S/C13H18O5S/c1-9-4-6-10(7-5-9)12(18-19(14)15)11-8-16-13(2,3)17-11/h4-7,11-12H,8H2,1-3H3,(H,14,15). The monoisotopic (exact) mass is 286 g/mol. The second kappa shape index (κ2) is 5.68. The van der Waals surface area contributed by atoms with Crippen molar-refractivity contribution in [2.75, 3.05) is 6.61 Å². The maximum absolute atomic E-state index is 11.0. The molecule has 1 aromatic rings. The van der Waals surface area contributed by atoms with Gasteiger partial charge < -0.3 is 9.47 Å². The van der Waals surface area contributed by atoms with Crippen molar-refractivity contribution < 1.29 is 22.4 Å². The third kappa shape index (κ3) is 3.84. The van der Waals surface area contributed by atoms with Crippen LogP contribution in [0.5, 0.6) is 0 Å². The molecule has 3 unspecified atom stereocenters. The van der Waals surface area contributed by atoms with Crippen LogP contribution in [0.4, 0.5) is 0 Å².